The van der Waals surface area contributed by atoms with E-state index in [1.165, 1.54) is 9.25 Å². The molecule has 0 aliphatic heterocycles. The summed E-state index contributed by atoms with van der Waals surface area (Å²) in [6.07, 6.45) is 1.54. The molecule has 0 saturated heterocycles. The van der Waals surface area contributed by atoms with Crippen molar-refractivity contribution in [3.8, 4) is 0 Å². The molecule has 0 fully saturated rings. The quantitative estimate of drug-likeness (QED) is 0.714. The van der Waals surface area contributed by atoms with E-state index in [0.717, 1.165) is 13.1 Å². The van der Waals surface area contributed by atoms with E-state index in [-0.39, 0.29) is 5.69 Å². The maximum absolute atomic E-state index is 11.4. The molecule has 1 unspecified atom stereocenters. The van der Waals surface area contributed by atoms with Crippen molar-refractivity contribution in [3.63, 3.8) is 0 Å². The summed E-state index contributed by atoms with van der Waals surface area (Å²) in [5.74, 6) is 0.419. The summed E-state index contributed by atoms with van der Waals surface area (Å²) in [7, 11) is 1.71. The summed E-state index contributed by atoms with van der Waals surface area (Å²) >= 11 is 0. The molecule has 1 heterocycles. The topological polar surface area (TPSA) is 51.9 Å². The van der Waals surface area contributed by atoms with Crippen molar-refractivity contribution in [2.75, 3.05) is 13.1 Å². The summed E-state index contributed by atoms with van der Waals surface area (Å²) in [6, 6.07) is 0. The highest BCUT2D eigenvalue weighted by Gasteiger charge is 2.06. The average Bonchev–Trinajstić information content (AvgIpc) is 2.46. The lowest BCUT2D eigenvalue weighted by molar-refractivity contribution is 0.417. The molecule has 0 bridgehead atoms. The van der Waals surface area contributed by atoms with Crippen molar-refractivity contribution in [2.24, 2.45) is 13.0 Å². The fourth-order valence-electron chi connectivity index (χ4n) is 1.30. The molecule has 1 rings (SSSR count). The Kier molecular flexibility index (Phi) is 3.88. The van der Waals surface area contributed by atoms with Crippen LogP contribution < -0.4 is 11.0 Å². The largest absolute Gasteiger partial charge is 0.345 e. The number of rotatable bonds is 5. The fraction of sp³-hybridized carbons (Fsp3) is 0.778. The van der Waals surface area contributed by atoms with Gasteiger partial charge in [-0.2, -0.15) is 5.10 Å². The molecule has 0 aliphatic rings. The van der Waals surface area contributed by atoms with Crippen molar-refractivity contribution in [1.82, 2.24) is 19.7 Å². The second kappa shape index (κ2) is 4.95. The van der Waals surface area contributed by atoms with Gasteiger partial charge in [0.1, 0.15) is 6.33 Å². The van der Waals surface area contributed by atoms with Gasteiger partial charge in [-0.3, -0.25) is 4.57 Å². The van der Waals surface area contributed by atoms with Gasteiger partial charge in [0.2, 0.25) is 0 Å². The molecule has 5 nitrogen and oxygen atoms in total. The Bertz CT molecular complexity index is 328. The smallest absolute Gasteiger partial charge is 0.317 e. The van der Waals surface area contributed by atoms with Crippen molar-refractivity contribution in [1.29, 1.82) is 0 Å². The lowest BCUT2D eigenvalue weighted by Gasteiger charge is -2.10. The average molecular weight is 198 g/mol. The van der Waals surface area contributed by atoms with E-state index in [1.54, 1.807) is 13.4 Å². The molecule has 1 aromatic rings. The first-order chi connectivity index (χ1) is 6.65. The number of nitrogens with zero attached hydrogens (tertiary/aromatic N) is 3. The molecule has 14 heavy (non-hydrogen) atoms. The van der Waals surface area contributed by atoms with E-state index in [4.69, 9.17) is 0 Å². The Balaban J connectivity index is 2.52. The van der Waals surface area contributed by atoms with Gasteiger partial charge in [-0.05, 0) is 19.0 Å². The van der Waals surface area contributed by atoms with Gasteiger partial charge >= 0.3 is 5.69 Å². The number of aryl methyl sites for hydroxylation is 1. The molecule has 0 radical (unpaired) electrons. The predicted octanol–water partition coefficient (Wildman–Crippen LogP) is -0.173. The van der Waals surface area contributed by atoms with E-state index >= 15 is 0 Å². The van der Waals surface area contributed by atoms with Crippen LogP contribution in [0.2, 0.25) is 0 Å². The highest BCUT2D eigenvalue weighted by molar-refractivity contribution is 4.67. The van der Waals surface area contributed by atoms with Crippen LogP contribution in [-0.4, -0.2) is 27.4 Å². The molecular formula is C9H18N4O. The Hall–Kier alpha value is -1.10. The standard InChI is InChI=1S/C9H18N4O/c1-4-10-5-8(2)6-13-9(14)12(3)7-11-13/h7-8,10H,4-6H2,1-3H3. The van der Waals surface area contributed by atoms with Gasteiger partial charge in [-0.15, -0.1) is 0 Å². The van der Waals surface area contributed by atoms with Crippen LogP contribution in [0.15, 0.2) is 11.1 Å². The maximum Gasteiger partial charge on any atom is 0.345 e. The zero-order valence-electron chi connectivity index (χ0n) is 9.03. The molecule has 0 aliphatic carbocycles. The SMILES string of the molecule is CCNCC(C)Cn1ncn(C)c1=O. The van der Waals surface area contributed by atoms with Crippen molar-refractivity contribution < 1.29 is 0 Å². The summed E-state index contributed by atoms with van der Waals surface area (Å²) in [6.45, 7) is 6.72. The highest BCUT2D eigenvalue weighted by Crippen LogP contribution is 1.94. The number of hydrogen-bond donors (Lipinski definition) is 1. The van der Waals surface area contributed by atoms with Crippen LogP contribution in [0.25, 0.3) is 0 Å². The molecule has 0 saturated carbocycles. The summed E-state index contributed by atoms with van der Waals surface area (Å²) in [4.78, 5) is 11.4. The number of hydrogen-bond acceptors (Lipinski definition) is 3. The first kappa shape index (κ1) is 11.0. The van der Waals surface area contributed by atoms with Crippen LogP contribution in [-0.2, 0) is 13.6 Å². The van der Waals surface area contributed by atoms with Crippen LogP contribution in [0.1, 0.15) is 13.8 Å². The van der Waals surface area contributed by atoms with E-state index in [9.17, 15) is 4.79 Å². The monoisotopic (exact) mass is 198 g/mol. The van der Waals surface area contributed by atoms with Gasteiger partial charge in [0.25, 0.3) is 0 Å². The van der Waals surface area contributed by atoms with E-state index in [1.807, 2.05) is 0 Å². The van der Waals surface area contributed by atoms with Crippen molar-refractivity contribution in [3.05, 3.63) is 16.8 Å². The van der Waals surface area contributed by atoms with Crippen LogP contribution >= 0.6 is 0 Å². The second-order valence-electron chi connectivity index (χ2n) is 3.62. The molecule has 1 aromatic heterocycles. The van der Waals surface area contributed by atoms with Gasteiger partial charge in [-0.25, -0.2) is 9.48 Å². The summed E-state index contributed by atoms with van der Waals surface area (Å²) in [5.41, 5.74) is -0.0478. The van der Waals surface area contributed by atoms with E-state index in [0.29, 0.717) is 12.5 Å². The Morgan fingerprint density at radius 2 is 2.36 bits per heavy atom. The molecule has 0 spiro atoms. The van der Waals surface area contributed by atoms with Crippen LogP contribution in [0.5, 0.6) is 0 Å². The molecule has 0 aromatic carbocycles. The molecular weight excluding hydrogens is 180 g/mol. The zero-order valence-corrected chi connectivity index (χ0v) is 9.03. The second-order valence-corrected chi connectivity index (χ2v) is 3.62. The fourth-order valence-corrected chi connectivity index (χ4v) is 1.30. The normalized spacial score (nSPS) is 13.1. The zero-order chi connectivity index (χ0) is 10.6. The molecule has 80 valence electrons. The third-order valence-electron chi connectivity index (χ3n) is 2.11. The van der Waals surface area contributed by atoms with Gasteiger partial charge in [0.05, 0.1) is 6.54 Å². The molecule has 1 atom stereocenters. The first-order valence-corrected chi connectivity index (χ1v) is 4.94. The molecule has 0 amide bonds. The lowest BCUT2D eigenvalue weighted by Crippen LogP contribution is -2.30. The van der Waals surface area contributed by atoms with Crippen LogP contribution in [0.4, 0.5) is 0 Å². The van der Waals surface area contributed by atoms with E-state index < -0.39 is 0 Å². The highest BCUT2D eigenvalue weighted by atomic mass is 16.2. The Morgan fingerprint density at radius 1 is 1.64 bits per heavy atom. The van der Waals surface area contributed by atoms with Crippen molar-refractivity contribution >= 4 is 0 Å². The van der Waals surface area contributed by atoms with Gasteiger partial charge in [0, 0.05) is 7.05 Å². The van der Waals surface area contributed by atoms with Crippen molar-refractivity contribution in [2.45, 2.75) is 20.4 Å². The minimum absolute atomic E-state index is 0.0478. The van der Waals surface area contributed by atoms with Gasteiger partial charge < -0.3 is 5.32 Å². The Labute approximate surface area is 83.7 Å². The lowest BCUT2D eigenvalue weighted by atomic mass is 10.2. The minimum Gasteiger partial charge on any atom is -0.317 e. The first-order valence-electron chi connectivity index (χ1n) is 4.94. The number of aromatic nitrogens is 3. The molecule has 1 N–H and O–H groups in total. The third-order valence-corrected chi connectivity index (χ3v) is 2.11. The van der Waals surface area contributed by atoms with Gasteiger partial charge in [0.15, 0.2) is 0 Å². The van der Waals surface area contributed by atoms with Gasteiger partial charge in [-0.1, -0.05) is 13.8 Å². The number of nitrogens with one attached hydrogen (secondary N) is 1. The Morgan fingerprint density at radius 3 is 2.86 bits per heavy atom. The van der Waals surface area contributed by atoms with E-state index in [2.05, 4.69) is 24.3 Å². The van der Waals surface area contributed by atoms with Crippen LogP contribution in [0.3, 0.4) is 0 Å². The summed E-state index contributed by atoms with van der Waals surface area (Å²) in [5, 5.41) is 7.25. The predicted molar refractivity (Wildman–Crippen MR) is 55.2 cm³/mol. The maximum atomic E-state index is 11.4. The molecule has 5 heteroatoms. The summed E-state index contributed by atoms with van der Waals surface area (Å²) < 4.78 is 2.99. The third kappa shape index (κ3) is 2.70. The minimum atomic E-state index is -0.0478. The van der Waals surface area contributed by atoms with Crippen LogP contribution in [0, 0.1) is 5.92 Å².